The number of H-pyrrole nitrogens is 1. The number of halogens is 1. The van der Waals surface area contributed by atoms with E-state index in [1.54, 1.807) is 6.20 Å². The van der Waals surface area contributed by atoms with E-state index < -0.39 is 0 Å². The molecule has 0 aromatic carbocycles. The Morgan fingerprint density at radius 1 is 1.27 bits per heavy atom. The van der Waals surface area contributed by atoms with E-state index in [2.05, 4.69) is 30.5 Å². The van der Waals surface area contributed by atoms with Crippen molar-refractivity contribution in [1.29, 1.82) is 0 Å². The molecule has 2 aliphatic carbocycles. The number of carbonyl (C=O) groups is 1. The number of rotatable bonds is 4. The number of nitrogens with one attached hydrogen (secondary N) is 2. The number of hydrogen-bond acceptors (Lipinski definition) is 7. The lowest BCUT2D eigenvalue weighted by molar-refractivity contribution is 0.0976. The normalized spacial score (nSPS) is 16.6. The lowest BCUT2D eigenvalue weighted by Gasteiger charge is -2.06. The number of aromatic amines is 1. The largest absolute Gasteiger partial charge is 0.322 e. The maximum Gasteiger partial charge on any atom is 0.190 e. The summed E-state index contributed by atoms with van der Waals surface area (Å²) in [6.07, 6.45) is 6.22. The van der Waals surface area contributed by atoms with Crippen molar-refractivity contribution in [3.63, 3.8) is 0 Å². The van der Waals surface area contributed by atoms with Gasteiger partial charge in [-0.1, -0.05) is 11.6 Å². The average Bonchev–Trinajstić information content (AvgIpc) is 3.21. The van der Waals surface area contributed by atoms with Gasteiger partial charge in [0.05, 0.1) is 16.8 Å². The summed E-state index contributed by atoms with van der Waals surface area (Å²) in [7, 11) is 0. The minimum Gasteiger partial charge on any atom is -0.322 e. The van der Waals surface area contributed by atoms with E-state index in [4.69, 9.17) is 11.6 Å². The van der Waals surface area contributed by atoms with Crippen LogP contribution in [0.4, 0.5) is 11.6 Å². The Bertz CT molecular complexity index is 1010. The molecule has 5 rings (SSSR count). The fourth-order valence-corrected chi connectivity index (χ4v) is 4.21. The smallest absolute Gasteiger partial charge is 0.190 e. The van der Waals surface area contributed by atoms with E-state index in [0.29, 0.717) is 39.8 Å². The third-order valence-electron chi connectivity index (χ3n) is 4.56. The molecule has 0 aliphatic heterocycles. The third-order valence-corrected chi connectivity index (χ3v) is 5.98. The molecule has 3 heterocycles. The van der Waals surface area contributed by atoms with Crippen molar-refractivity contribution in [2.24, 2.45) is 0 Å². The second-order valence-electron chi connectivity index (χ2n) is 6.57. The second kappa shape index (κ2) is 6.14. The van der Waals surface area contributed by atoms with Crippen LogP contribution in [0.5, 0.6) is 0 Å². The Hall–Kier alpha value is -2.32. The summed E-state index contributed by atoms with van der Waals surface area (Å²) in [5, 5.41) is 11.5. The molecule has 0 radical (unpaired) electrons. The minimum absolute atomic E-state index is 0.159. The van der Waals surface area contributed by atoms with Crippen LogP contribution in [0.15, 0.2) is 12.3 Å². The van der Waals surface area contributed by atoms with Gasteiger partial charge in [0, 0.05) is 24.1 Å². The molecule has 1 saturated carbocycles. The zero-order valence-electron chi connectivity index (χ0n) is 13.8. The number of aromatic nitrogens is 5. The first-order valence-corrected chi connectivity index (χ1v) is 9.75. The van der Waals surface area contributed by atoms with Crippen molar-refractivity contribution >= 4 is 40.4 Å². The van der Waals surface area contributed by atoms with Gasteiger partial charge in [-0.05, 0) is 25.7 Å². The second-order valence-corrected chi connectivity index (χ2v) is 7.98. The van der Waals surface area contributed by atoms with Crippen LogP contribution in [0.2, 0.25) is 5.02 Å². The standard InChI is InChI=1S/C17H15ClN6OS/c18-9-7-19-16(17-20-10-2-1-3-12(25)14(10)26-17)22-15(9)21-13-6-11(23-24-13)8-4-5-8/h6-8H,1-5H2,(H2,19,21,22,23,24). The Balaban J connectivity index is 1.45. The van der Waals surface area contributed by atoms with Crippen molar-refractivity contribution < 1.29 is 4.79 Å². The predicted octanol–water partition coefficient (Wildman–Crippen LogP) is 4.12. The number of fused-ring (bicyclic) bond motifs is 1. The number of aryl methyl sites for hydroxylation is 1. The van der Waals surface area contributed by atoms with Gasteiger partial charge in [0.25, 0.3) is 0 Å². The minimum atomic E-state index is 0.159. The fourth-order valence-electron chi connectivity index (χ4n) is 3.05. The molecule has 0 amide bonds. The Kier molecular flexibility index (Phi) is 3.75. The first kappa shape index (κ1) is 15.9. The summed E-state index contributed by atoms with van der Waals surface area (Å²) < 4.78 is 0. The van der Waals surface area contributed by atoms with Crippen LogP contribution in [0, 0.1) is 0 Å². The molecule has 26 heavy (non-hydrogen) atoms. The van der Waals surface area contributed by atoms with Gasteiger partial charge in [-0.15, -0.1) is 11.3 Å². The molecular formula is C17H15ClN6OS. The highest BCUT2D eigenvalue weighted by Crippen LogP contribution is 2.40. The molecule has 0 atom stereocenters. The molecule has 7 nitrogen and oxygen atoms in total. The number of carbonyl (C=O) groups excluding carboxylic acids is 1. The maximum atomic E-state index is 12.0. The maximum absolute atomic E-state index is 12.0. The van der Waals surface area contributed by atoms with Gasteiger partial charge in [0.15, 0.2) is 28.3 Å². The highest BCUT2D eigenvalue weighted by molar-refractivity contribution is 7.17. The first-order chi connectivity index (χ1) is 12.7. The van der Waals surface area contributed by atoms with Gasteiger partial charge in [-0.25, -0.2) is 15.0 Å². The van der Waals surface area contributed by atoms with E-state index in [-0.39, 0.29) is 5.78 Å². The molecule has 0 saturated heterocycles. The van der Waals surface area contributed by atoms with Crippen molar-refractivity contribution in [1.82, 2.24) is 25.1 Å². The average molecular weight is 387 g/mol. The first-order valence-electron chi connectivity index (χ1n) is 8.55. The van der Waals surface area contributed by atoms with E-state index in [1.165, 1.54) is 24.2 Å². The van der Waals surface area contributed by atoms with E-state index >= 15 is 0 Å². The number of thiazole rings is 1. The SMILES string of the molecule is O=C1CCCc2nc(-c3ncc(Cl)c(Nc4cc(C5CC5)[nH]n4)n3)sc21. The van der Waals surface area contributed by atoms with Crippen LogP contribution >= 0.6 is 22.9 Å². The summed E-state index contributed by atoms with van der Waals surface area (Å²) in [5.74, 6) is 2.36. The number of anilines is 2. The molecule has 2 N–H and O–H groups in total. The summed E-state index contributed by atoms with van der Waals surface area (Å²) in [4.78, 5) is 26.1. The monoisotopic (exact) mass is 386 g/mol. The van der Waals surface area contributed by atoms with Crippen molar-refractivity contribution in [2.45, 2.75) is 38.0 Å². The highest BCUT2D eigenvalue weighted by atomic mass is 35.5. The quantitative estimate of drug-likeness (QED) is 0.700. The highest BCUT2D eigenvalue weighted by Gasteiger charge is 2.26. The van der Waals surface area contributed by atoms with Crippen LogP contribution in [0.1, 0.15) is 52.7 Å². The zero-order valence-corrected chi connectivity index (χ0v) is 15.3. The van der Waals surface area contributed by atoms with Gasteiger partial charge in [0.2, 0.25) is 0 Å². The summed E-state index contributed by atoms with van der Waals surface area (Å²) in [5.41, 5.74) is 1.99. The summed E-state index contributed by atoms with van der Waals surface area (Å²) >= 11 is 7.60. The third kappa shape index (κ3) is 2.89. The van der Waals surface area contributed by atoms with E-state index in [9.17, 15) is 4.79 Å². The molecule has 9 heteroatoms. The van der Waals surface area contributed by atoms with Crippen molar-refractivity contribution in [3.8, 4) is 10.8 Å². The molecule has 0 spiro atoms. The zero-order chi connectivity index (χ0) is 17.7. The number of nitrogens with zero attached hydrogens (tertiary/aromatic N) is 4. The van der Waals surface area contributed by atoms with Crippen LogP contribution in [0.3, 0.4) is 0 Å². The van der Waals surface area contributed by atoms with Crippen LogP contribution in [-0.2, 0) is 6.42 Å². The van der Waals surface area contributed by atoms with Crippen LogP contribution in [-0.4, -0.2) is 30.9 Å². The van der Waals surface area contributed by atoms with Crippen LogP contribution in [0.25, 0.3) is 10.8 Å². The number of hydrogen-bond donors (Lipinski definition) is 2. The lowest BCUT2D eigenvalue weighted by Crippen LogP contribution is -2.07. The predicted molar refractivity (Wildman–Crippen MR) is 99.3 cm³/mol. The van der Waals surface area contributed by atoms with Gasteiger partial charge in [0.1, 0.15) is 5.02 Å². The molecule has 0 unspecified atom stereocenters. The molecular weight excluding hydrogens is 372 g/mol. The Labute approximate surface area is 158 Å². The fraction of sp³-hybridized carbons (Fsp3) is 0.353. The molecule has 132 valence electrons. The topological polar surface area (TPSA) is 96.5 Å². The van der Waals surface area contributed by atoms with Crippen molar-refractivity contribution in [2.75, 3.05) is 5.32 Å². The van der Waals surface area contributed by atoms with E-state index in [0.717, 1.165) is 29.1 Å². The number of Topliss-reactive ketones (excluding diaryl/α,β-unsaturated/α-hetero) is 1. The van der Waals surface area contributed by atoms with Gasteiger partial charge in [-0.2, -0.15) is 5.10 Å². The molecule has 1 fully saturated rings. The Morgan fingerprint density at radius 2 is 2.15 bits per heavy atom. The Morgan fingerprint density at radius 3 is 2.96 bits per heavy atom. The number of ketones is 1. The van der Waals surface area contributed by atoms with Gasteiger partial charge < -0.3 is 5.32 Å². The molecule has 0 bridgehead atoms. The van der Waals surface area contributed by atoms with Crippen molar-refractivity contribution in [3.05, 3.63) is 33.6 Å². The molecule has 2 aliphatic rings. The lowest BCUT2D eigenvalue weighted by atomic mass is 10.0. The summed E-state index contributed by atoms with van der Waals surface area (Å²) in [6, 6.07) is 1.98. The van der Waals surface area contributed by atoms with Gasteiger partial charge in [-0.3, -0.25) is 9.89 Å². The van der Waals surface area contributed by atoms with E-state index in [1.807, 2.05) is 6.07 Å². The van der Waals surface area contributed by atoms with Crippen LogP contribution < -0.4 is 5.32 Å². The summed E-state index contributed by atoms with van der Waals surface area (Å²) in [6.45, 7) is 0. The molecule has 3 aromatic rings. The molecule has 3 aromatic heterocycles. The van der Waals surface area contributed by atoms with Gasteiger partial charge >= 0.3 is 0 Å².